The van der Waals surface area contributed by atoms with Crippen molar-refractivity contribution < 1.29 is 23.9 Å². The maximum atomic E-state index is 13.3. The van der Waals surface area contributed by atoms with Crippen molar-refractivity contribution in [1.29, 1.82) is 0 Å². The highest BCUT2D eigenvalue weighted by atomic mass is 19.1. The predicted octanol–water partition coefficient (Wildman–Crippen LogP) is 1.97. The van der Waals surface area contributed by atoms with Crippen LogP contribution in [0.25, 0.3) is 0 Å². The minimum absolute atomic E-state index is 0.0436. The summed E-state index contributed by atoms with van der Waals surface area (Å²) in [6, 6.07) is 3.11. The number of aliphatic carboxylic acids is 1. The van der Waals surface area contributed by atoms with Gasteiger partial charge in [-0.05, 0) is 25.1 Å². The van der Waals surface area contributed by atoms with Gasteiger partial charge in [0.2, 0.25) is 0 Å². The molecular weight excluding hydrogens is 267 g/mol. The third-order valence-electron chi connectivity index (χ3n) is 2.60. The van der Waals surface area contributed by atoms with E-state index in [4.69, 9.17) is 5.11 Å². The van der Waals surface area contributed by atoms with E-state index in [1.807, 2.05) is 0 Å². The number of carbonyl (C=O) groups excluding carboxylic acids is 2. The largest absolute Gasteiger partial charge is 0.481 e. The molecule has 20 heavy (non-hydrogen) atoms. The molecule has 0 aromatic heterocycles. The fourth-order valence-corrected chi connectivity index (χ4v) is 1.46. The van der Waals surface area contributed by atoms with Gasteiger partial charge in [0.15, 0.2) is 5.78 Å². The molecule has 2 amide bonds. The average molecular weight is 282 g/mol. The van der Waals surface area contributed by atoms with Gasteiger partial charge in [0, 0.05) is 19.3 Å². The van der Waals surface area contributed by atoms with Gasteiger partial charge < -0.3 is 15.3 Å². The Balaban J connectivity index is 2.73. The molecule has 0 atom stereocenters. The second-order valence-electron chi connectivity index (χ2n) is 4.25. The van der Waals surface area contributed by atoms with E-state index in [1.54, 1.807) is 0 Å². The number of Topliss-reactive ketones (excluding diaryl/α,β-unsaturated/α-hetero) is 1. The third kappa shape index (κ3) is 4.34. The van der Waals surface area contributed by atoms with Crippen LogP contribution in [-0.2, 0) is 4.79 Å². The summed E-state index contributed by atoms with van der Waals surface area (Å²) in [5, 5.41) is 11.0. The van der Waals surface area contributed by atoms with E-state index in [-0.39, 0.29) is 24.2 Å². The van der Waals surface area contributed by atoms with E-state index >= 15 is 0 Å². The van der Waals surface area contributed by atoms with Crippen molar-refractivity contribution in [3.8, 4) is 0 Å². The van der Waals surface area contributed by atoms with E-state index in [9.17, 15) is 18.8 Å². The monoisotopic (exact) mass is 282 g/mol. The number of halogens is 1. The maximum absolute atomic E-state index is 13.3. The number of carboxylic acid groups (broad SMARTS) is 1. The molecule has 0 saturated carbocycles. The van der Waals surface area contributed by atoms with Crippen LogP contribution in [0.15, 0.2) is 18.2 Å². The van der Waals surface area contributed by atoms with Crippen molar-refractivity contribution in [2.45, 2.75) is 13.3 Å². The molecule has 0 fully saturated rings. The van der Waals surface area contributed by atoms with Crippen molar-refractivity contribution in [2.24, 2.45) is 0 Å². The first kappa shape index (κ1) is 15.6. The molecule has 0 bridgehead atoms. The summed E-state index contributed by atoms with van der Waals surface area (Å²) in [6.45, 7) is 1.27. The Labute approximate surface area is 115 Å². The van der Waals surface area contributed by atoms with Gasteiger partial charge >= 0.3 is 12.0 Å². The van der Waals surface area contributed by atoms with E-state index in [0.29, 0.717) is 0 Å². The summed E-state index contributed by atoms with van der Waals surface area (Å²) in [7, 11) is 1.44. The average Bonchev–Trinajstić information content (AvgIpc) is 2.37. The van der Waals surface area contributed by atoms with Crippen LogP contribution < -0.4 is 5.32 Å². The molecular formula is C13H15FN2O4. The summed E-state index contributed by atoms with van der Waals surface area (Å²) in [5.74, 6) is -2.11. The first-order valence-corrected chi connectivity index (χ1v) is 5.85. The van der Waals surface area contributed by atoms with Gasteiger partial charge in [-0.15, -0.1) is 0 Å². The standard InChI is InChI=1S/C13H15FN2O4/c1-8(17)10-7-9(3-4-11(10)14)15-13(20)16(2)6-5-12(18)19/h3-4,7H,5-6H2,1-2H3,(H,15,20)(H,18,19). The van der Waals surface area contributed by atoms with Crippen molar-refractivity contribution in [2.75, 3.05) is 18.9 Å². The Kier molecular flexibility index (Phi) is 5.19. The Morgan fingerprint density at radius 2 is 2.00 bits per heavy atom. The van der Waals surface area contributed by atoms with Crippen molar-refractivity contribution >= 4 is 23.5 Å². The van der Waals surface area contributed by atoms with Gasteiger partial charge in [-0.3, -0.25) is 9.59 Å². The fourth-order valence-electron chi connectivity index (χ4n) is 1.46. The Morgan fingerprint density at radius 3 is 2.55 bits per heavy atom. The number of hydrogen-bond acceptors (Lipinski definition) is 3. The fraction of sp³-hybridized carbons (Fsp3) is 0.308. The zero-order valence-electron chi connectivity index (χ0n) is 11.1. The molecule has 0 saturated heterocycles. The number of amides is 2. The van der Waals surface area contributed by atoms with Crippen LogP contribution >= 0.6 is 0 Å². The molecule has 7 heteroatoms. The van der Waals surface area contributed by atoms with E-state index in [0.717, 1.165) is 6.07 Å². The number of nitrogens with one attached hydrogen (secondary N) is 1. The first-order valence-electron chi connectivity index (χ1n) is 5.85. The summed E-state index contributed by atoms with van der Waals surface area (Å²) in [5.41, 5.74) is 0.153. The van der Waals surface area contributed by atoms with Crippen LogP contribution in [0.4, 0.5) is 14.9 Å². The van der Waals surface area contributed by atoms with Gasteiger partial charge in [0.25, 0.3) is 0 Å². The number of rotatable bonds is 5. The van der Waals surface area contributed by atoms with E-state index in [1.165, 1.54) is 31.0 Å². The predicted molar refractivity (Wildman–Crippen MR) is 70.3 cm³/mol. The van der Waals surface area contributed by atoms with Gasteiger partial charge in [0.05, 0.1) is 12.0 Å². The lowest BCUT2D eigenvalue weighted by Gasteiger charge is -2.17. The van der Waals surface area contributed by atoms with Gasteiger partial charge in [-0.25, -0.2) is 9.18 Å². The van der Waals surface area contributed by atoms with Gasteiger partial charge in [0.1, 0.15) is 5.82 Å². The number of carbonyl (C=O) groups is 3. The molecule has 0 spiro atoms. The minimum Gasteiger partial charge on any atom is -0.481 e. The topological polar surface area (TPSA) is 86.7 Å². The molecule has 0 aliphatic heterocycles. The molecule has 0 aliphatic carbocycles. The zero-order chi connectivity index (χ0) is 15.3. The van der Waals surface area contributed by atoms with Gasteiger partial charge in [-0.2, -0.15) is 0 Å². The SMILES string of the molecule is CC(=O)c1cc(NC(=O)N(C)CCC(=O)O)ccc1F. The molecule has 6 nitrogen and oxygen atoms in total. The smallest absolute Gasteiger partial charge is 0.321 e. The molecule has 0 aliphatic rings. The highest BCUT2D eigenvalue weighted by Gasteiger charge is 2.13. The quantitative estimate of drug-likeness (QED) is 0.808. The summed E-state index contributed by atoms with van der Waals surface area (Å²) in [6.07, 6.45) is -0.175. The number of carboxylic acids is 1. The first-order chi connectivity index (χ1) is 9.31. The number of ketones is 1. The van der Waals surface area contributed by atoms with Crippen LogP contribution in [0, 0.1) is 5.82 Å². The Morgan fingerprint density at radius 1 is 1.35 bits per heavy atom. The molecule has 2 N–H and O–H groups in total. The number of nitrogens with zero attached hydrogens (tertiary/aromatic N) is 1. The number of urea groups is 1. The van der Waals surface area contributed by atoms with Crippen molar-refractivity contribution in [3.63, 3.8) is 0 Å². The van der Waals surface area contributed by atoms with Crippen LogP contribution in [0.5, 0.6) is 0 Å². The molecule has 1 rings (SSSR count). The van der Waals surface area contributed by atoms with Crippen LogP contribution in [0.2, 0.25) is 0 Å². The summed E-state index contributed by atoms with van der Waals surface area (Å²) in [4.78, 5) is 34.5. The van der Waals surface area contributed by atoms with E-state index < -0.39 is 23.6 Å². The highest BCUT2D eigenvalue weighted by molar-refractivity contribution is 5.97. The molecule has 0 heterocycles. The second kappa shape index (κ2) is 6.65. The number of anilines is 1. The normalized spacial score (nSPS) is 9.95. The zero-order valence-corrected chi connectivity index (χ0v) is 11.1. The lowest BCUT2D eigenvalue weighted by atomic mass is 10.1. The van der Waals surface area contributed by atoms with Crippen molar-refractivity contribution in [3.05, 3.63) is 29.6 Å². The molecule has 108 valence electrons. The number of hydrogen-bond donors (Lipinski definition) is 2. The van der Waals surface area contributed by atoms with Crippen LogP contribution in [0.3, 0.4) is 0 Å². The molecule has 1 aromatic rings. The molecule has 0 unspecified atom stereocenters. The number of benzene rings is 1. The summed E-state index contributed by atoms with van der Waals surface area (Å²) < 4.78 is 13.3. The maximum Gasteiger partial charge on any atom is 0.321 e. The Hall–Kier alpha value is -2.44. The Bertz CT molecular complexity index is 545. The summed E-state index contributed by atoms with van der Waals surface area (Å²) >= 11 is 0. The van der Waals surface area contributed by atoms with Crippen LogP contribution in [-0.4, -0.2) is 41.4 Å². The lowest BCUT2D eigenvalue weighted by Crippen LogP contribution is -2.33. The minimum atomic E-state index is -1.01. The highest BCUT2D eigenvalue weighted by Crippen LogP contribution is 2.15. The molecule has 0 radical (unpaired) electrons. The lowest BCUT2D eigenvalue weighted by molar-refractivity contribution is -0.137. The second-order valence-corrected chi connectivity index (χ2v) is 4.25. The van der Waals surface area contributed by atoms with Crippen LogP contribution in [0.1, 0.15) is 23.7 Å². The third-order valence-corrected chi connectivity index (χ3v) is 2.60. The van der Waals surface area contributed by atoms with E-state index in [2.05, 4.69) is 5.32 Å². The van der Waals surface area contributed by atoms with Crippen molar-refractivity contribution in [1.82, 2.24) is 4.90 Å². The molecule has 1 aromatic carbocycles. The van der Waals surface area contributed by atoms with Gasteiger partial charge in [-0.1, -0.05) is 0 Å².